The lowest BCUT2D eigenvalue weighted by Crippen LogP contribution is -1.95. The smallest absolute Gasteiger partial charge is 0.231 e. The number of hydrogen-bond acceptors (Lipinski definition) is 3. The molecule has 19 heavy (non-hydrogen) atoms. The van der Waals surface area contributed by atoms with Crippen molar-refractivity contribution < 1.29 is 4.52 Å². The van der Waals surface area contributed by atoms with Crippen molar-refractivity contribution in [2.24, 2.45) is 10.8 Å². The lowest BCUT2D eigenvalue weighted by Gasteiger charge is -2.03. The van der Waals surface area contributed by atoms with Crippen LogP contribution in [0.5, 0.6) is 0 Å². The van der Waals surface area contributed by atoms with Crippen LogP contribution in [0.15, 0.2) is 33.3 Å². The number of benzene rings is 1. The van der Waals surface area contributed by atoms with Crippen molar-refractivity contribution in [1.82, 2.24) is 10.1 Å². The molecule has 1 aliphatic rings. The van der Waals surface area contributed by atoms with Crippen LogP contribution in [-0.2, 0) is 0 Å². The van der Waals surface area contributed by atoms with E-state index >= 15 is 0 Å². The first-order valence-electron chi connectivity index (χ1n) is 6.43. The van der Waals surface area contributed by atoms with Crippen LogP contribution in [0, 0.1) is 10.8 Å². The summed E-state index contributed by atoms with van der Waals surface area (Å²) in [6, 6.07) is 7.94. The molecule has 3 nitrogen and oxygen atoms in total. The van der Waals surface area contributed by atoms with Gasteiger partial charge in [0.15, 0.2) is 0 Å². The van der Waals surface area contributed by atoms with Gasteiger partial charge in [-0.1, -0.05) is 48.8 Å². The molecule has 0 saturated heterocycles. The molecule has 1 fully saturated rings. The zero-order chi connectivity index (χ0) is 13.8. The summed E-state index contributed by atoms with van der Waals surface area (Å²) in [7, 11) is 0. The molecule has 4 heteroatoms. The van der Waals surface area contributed by atoms with E-state index in [2.05, 4.69) is 53.8 Å². The van der Waals surface area contributed by atoms with Crippen LogP contribution in [0.25, 0.3) is 11.4 Å². The highest BCUT2D eigenvalue weighted by Gasteiger charge is 2.67. The molecular formula is C15H17BrN2O. The number of aromatic nitrogens is 2. The van der Waals surface area contributed by atoms with Crippen molar-refractivity contribution in [3.8, 4) is 11.4 Å². The van der Waals surface area contributed by atoms with E-state index in [0.717, 1.165) is 15.9 Å². The number of rotatable bonds is 2. The Balaban J connectivity index is 1.91. The van der Waals surface area contributed by atoms with Gasteiger partial charge in [0.25, 0.3) is 0 Å². The molecule has 0 bridgehead atoms. The zero-order valence-corrected chi connectivity index (χ0v) is 13.2. The van der Waals surface area contributed by atoms with Crippen LogP contribution in [0.2, 0.25) is 0 Å². The summed E-state index contributed by atoms with van der Waals surface area (Å²) in [6.07, 6.45) is 0. The normalized spacial score (nSPS) is 20.5. The van der Waals surface area contributed by atoms with E-state index in [0.29, 0.717) is 11.7 Å². The van der Waals surface area contributed by atoms with E-state index in [-0.39, 0.29) is 10.8 Å². The largest absolute Gasteiger partial charge is 0.339 e. The molecule has 0 amide bonds. The lowest BCUT2D eigenvalue weighted by molar-refractivity contribution is 0.365. The van der Waals surface area contributed by atoms with Crippen molar-refractivity contribution in [2.45, 2.75) is 33.6 Å². The van der Waals surface area contributed by atoms with Crippen LogP contribution in [-0.4, -0.2) is 10.1 Å². The van der Waals surface area contributed by atoms with Gasteiger partial charge in [-0.25, -0.2) is 0 Å². The average Bonchev–Trinajstić information content (AvgIpc) is 2.71. The Hall–Kier alpha value is -1.16. The van der Waals surface area contributed by atoms with E-state index in [9.17, 15) is 0 Å². The summed E-state index contributed by atoms with van der Waals surface area (Å²) in [5, 5.41) is 4.11. The van der Waals surface area contributed by atoms with Gasteiger partial charge in [0.05, 0.1) is 0 Å². The Bertz CT molecular complexity index is 599. The molecule has 3 rings (SSSR count). The van der Waals surface area contributed by atoms with Crippen molar-refractivity contribution in [2.75, 3.05) is 0 Å². The highest BCUT2D eigenvalue weighted by atomic mass is 79.9. The molecule has 0 aliphatic heterocycles. The Morgan fingerprint density at radius 2 is 1.63 bits per heavy atom. The molecule has 0 radical (unpaired) electrons. The van der Waals surface area contributed by atoms with E-state index in [4.69, 9.17) is 4.52 Å². The summed E-state index contributed by atoms with van der Waals surface area (Å²) >= 11 is 3.42. The van der Waals surface area contributed by atoms with Crippen LogP contribution < -0.4 is 0 Å². The minimum Gasteiger partial charge on any atom is -0.339 e. The minimum atomic E-state index is 0.219. The van der Waals surface area contributed by atoms with Crippen LogP contribution in [0.1, 0.15) is 39.5 Å². The molecule has 1 aromatic carbocycles. The highest BCUT2D eigenvalue weighted by Crippen LogP contribution is 2.73. The zero-order valence-electron chi connectivity index (χ0n) is 11.6. The summed E-state index contributed by atoms with van der Waals surface area (Å²) in [5.41, 5.74) is 1.42. The predicted molar refractivity (Wildman–Crippen MR) is 77.7 cm³/mol. The molecule has 100 valence electrons. The topological polar surface area (TPSA) is 38.9 Å². The molecule has 0 N–H and O–H groups in total. The summed E-state index contributed by atoms with van der Waals surface area (Å²) in [6.45, 7) is 9.00. The van der Waals surface area contributed by atoms with Gasteiger partial charge in [-0.2, -0.15) is 4.98 Å². The number of hydrogen-bond donors (Lipinski definition) is 0. The van der Waals surface area contributed by atoms with Gasteiger partial charge < -0.3 is 4.52 Å². The summed E-state index contributed by atoms with van der Waals surface area (Å²) in [5.74, 6) is 1.77. The fourth-order valence-corrected chi connectivity index (χ4v) is 3.15. The minimum absolute atomic E-state index is 0.219. The standard InChI is InChI=1S/C15H17BrN2O/c1-14(2)11(15(14,3)4)13-17-12(18-19-13)9-5-7-10(16)8-6-9/h5-8,11H,1-4H3. The fraction of sp³-hybridized carbons (Fsp3) is 0.467. The van der Waals surface area contributed by atoms with E-state index in [1.807, 2.05) is 24.3 Å². The summed E-state index contributed by atoms with van der Waals surface area (Å²) in [4.78, 5) is 4.57. The van der Waals surface area contributed by atoms with Crippen LogP contribution >= 0.6 is 15.9 Å². The van der Waals surface area contributed by atoms with Crippen molar-refractivity contribution in [3.63, 3.8) is 0 Å². The average molecular weight is 321 g/mol. The molecule has 0 unspecified atom stereocenters. The van der Waals surface area contributed by atoms with E-state index < -0.39 is 0 Å². The third-order valence-corrected chi connectivity index (χ3v) is 5.34. The third-order valence-electron chi connectivity index (χ3n) is 4.81. The first-order chi connectivity index (χ1) is 8.84. The molecule has 1 aliphatic carbocycles. The second-order valence-electron chi connectivity index (χ2n) is 6.34. The van der Waals surface area contributed by atoms with Crippen LogP contribution in [0.4, 0.5) is 0 Å². The second-order valence-corrected chi connectivity index (χ2v) is 7.26. The predicted octanol–water partition coefficient (Wildman–Crippen LogP) is 4.65. The first kappa shape index (κ1) is 12.9. The van der Waals surface area contributed by atoms with Gasteiger partial charge >= 0.3 is 0 Å². The van der Waals surface area contributed by atoms with Gasteiger partial charge in [-0.3, -0.25) is 0 Å². The summed E-state index contributed by atoms with van der Waals surface area (Å²) < 4.78 is 6.52. The lowest BCUT2D eigenvalue weighted by atomic mass is 10.0. The van der Waals surface area contributed by atoms with Gasteiger partial charge in [0, 0.05) is 16.0 Å². The van der Waals surface area contributed by atoms with Crippen molar-refractivity contribution >= 4 is 15.9 Å². The van der Waals surface area contributed by atoms with Gasteiger partial charge in [-0.05, 0) is 35.1 Å². The van der Waals surface area contributed by atoms with E-state index in [1.165, 1.54) is 0 Å². The molecular weight excluding hydrogens is 304 g/mol. The van der Waals surface area contributed by atoms with Gasteiger partial charge in [0.2, 0.25) is 11.7 Å². The molecule has 1 saturated carbocycles. The van der Waals surface area contributed by atoms with Gasteiger partial charge in [0.1, 0.15) is 0 Å². The monoisotopic (exact) mass is 320 g/mol. The Morgan fingerprint density at radius 1 is 1.05 bits per heavy atom. The fourth-order valence-electron chi connectivity index (χ4n) is 2.88. The highest BCUT2D eigenvalue weighted by molar-refractivity contribution is 9.10. The molecule has 0 spiro atoms. The molecule has 1 heterocycles. The SMILES string of the molecule is CC1(C)C(c2nc(-c3ccc(Br)cc3)no2)C1(C)C. The molecule has 1 aromatic heterocycles. The first-order valence-corrected chi connectivity index (χ1v) is 7.23. The maximum absolute atomic E-state index is 5.47. The molecule has 2 aromatic rings. The Kier molecular flexibility index (Phi) is 2.65. The third kappa shape index (κ3) is 1.84. The number of halogens is 1. The van der Waals surface area contributed by atoms with Crippen molar-refractivity contribution in [1.29, 1.82) is 0 Å². The molecule has 0 atom stereocenters. The van der Waals surface area contributed by atoms with Gasteiger partial charge in [-0.15, -0.1) is 0 Å². The maximum Gasteiger partial charge on any atom is 0.231 e. The Morgan fingerprint density at radius 3 is 2.16 bits per heavy atom. The van der Waals surface area contributed by atoms with E-state index in [1.54, 1.807) is 0 Å². The number of nitrogens with zero attached hydrogens (tertiary/aromatic N) is 2. The maximum atomic E-state index is 5.47. The Labute approximate surface area is 121 Å². The van der Waals surface area contributed by atoms with Crippen LogP contribution in [0.3, 0.4) is 0 Å². The quantitative estimate of drug-likeness (QED) is 0.808. The second kappa shape index (κ2) is 3.92. The van der Waals surface area contributed by atoms with Crippen molar-refractivity contribution in [3.05, 3.63) is 34.6 Å².